The van der Waals surface area contributed by atoms with Crippen LogP contribution in [-0.4, -0.2) is 63.8 Å². The summed E-state index contributed by atoms with van der Waals surface area (Å²) < 4.78 is 32.4. The Balaban J connectivity index is 1.33. The Labute approximate surface area is 202 Å². The fraction of sp³-hybridized carbons (Fsp3) is 0.346. The number of hydrogen-bond donors (Lipinski definition) is 0. The summed E-state index contributed by atoms with van der Waals surface area (Å²) in [6.45, 7) is 1.70. The lowest BCUT2D eigenvalue weighted by Gasteiger charge is -2.16. The summed E-state index contributed by atoms with van der Waals surface area (Å²) in [5, 5.41) is 9.43. The van der Waals surface area contributed by atoms with Crippen molar-refractivity contribution in [2.45, 2.75) is 24.7 Å². The molecular weight excluding hydrogens is 454 g/mol. The molecule has 0 aromatic heterocycles. The van der Waals surface area contributed by atoms with Gasteiger partial charge in [0.1, 0.15) is 35.9 Å². The second kappa shape index (κ2) is 11.6. The van der Waals surface area contributed by atoms with Crippen LogP contribution in [0.2, 0.25) is 0 Å². The summed E-state index contributed by atoms with van der Waals surface area (Å²) in [7, 11) is 1.59. The minimum absolute atomic E-state index is 0.0651. The third kappa shape index (κ3) is 6.25. The van der Waals surface area contributed by atoms with Gasteiger partial charge in [-0.15, -0.1) is 0 Å². The Morgan fingerprint density at radius 2 is 1.80 bits per heavy atom. The molecule has 182 valence electrons. The van der Waals surface area contributed by atoms with Crippen LogP contribution in [0.3, 0.4) is 0 Å². The fourth-order valence-electron chi connectivity index (χ4n) is 3.76. The van der Waals surface area contributed by atoms with Crippen LogP contribution in [0.15, 0.2) is 54.1 Å². The van der Waals surface area contributed by atoms with Gasteiger partial charge in [-0.25, -0.2) is 9.59 Å². The molecule has 2 aromatic carbocycles. The molecule has 0 saturated carbocycles. The predicted molar refractivity (Wildman–Crippen MR) is 123 cm³/mol. The van der Waals surface area contributed by atoms with E-state index in [0.29, 0.717) is 42.4 Å². The van der Waals surface area contributed by atoms with E-state index in [1.54, 1.807) is 55.6 Å². The van der Waals surface area contributed by atoms with Crippen LogP contribution in [0.5, 0.6) is 11.5 Å². The number of benzene rings is 2. The van der Waals surface area contributed by atoms with Gasteiger partial charge in [-0.1, -0.05) is 12.1 Å². The highest BCUT2D eigenvalue weighted by molar-refractivity contribution is 5.98. The number of rotatable bonds is 9. The van der Waals surface area contributed by atoms with E-state index in [1.165, 1.54) is 6.08 Å². The molecule has 3 atom stereocenters. The van der Waals surface area contributed by atoms with Crippen molar-refractivity contribution in [3.63, 3.8) is 0 Å². The van der Waals surface area contributed by atoms with Crippen LogP contribution < -0.4 is 9.47 Å². The predicted octanol–water partition coefficient (Wildman–Crippen LogP) is 2.94. The SMILES string of the molecule is COCCOc1ccc(C(=O)Oc2ccc(/C=C(\C#N)C(=O)OC3COC4CCOC43)cc2)cc1. The largest absolute Gasteiger partial charge is 0.491 e. The summed E-state index contributed by atoms with van der Waals surface area (Å²) in [5.74, 6) is -0.314. The van der Waals surface area contributed by atoms with Gasteiger partial charge >= 0.3 is 11.9 Å². The van der Waals surface area contributed by atoms with Gasteiger partial charge in [-0.2, -0.15) is 5.26 Å². The molecule has 9 heteroatoms. The number of hydrogen-bond acceptors (Lipinski definition) is 9. The molecule has 4 rings (SSSR count). The second-order valence-electron chi connectivity index (χ2n) is 7.93. The molecule has 0 N–H and O–H groups in total. The lowest BCUT2D eigenvalue weighted by Crippen LogP contribution is -2.32. The van der Waals surface area contributed by atoms with Crippen molar-refractivity contribution < 1.29 is 38.0 Å². The lowest BCUT2D eigenvalue weighted by molar-refractivity contribution is -0.148. The van der Waals surface area contributed by atoms with Crippen molar-refractivity contribution in [3.05, 3.63) is 65.2 Å². The molecule has 2 aliphatic rings. The van der Waals surface area contributed by atoms with Crippen molar-refractivity contribution in [3.8, 4) is 17.6 Å². The summed E-state index contributed by atoms with van der Waals surface area (Å²) in [6, 6.07) is 14.9. The molecule has 2 fully saturated rings. The Bertz CT molecular complexity index is 1100. The van der Waals surface area contributed by atoms with Crippen molar-refractivity contribution in [1.82, 2.24) is 0 Å². The molecule has 35 heavy (non-hydrogen) atoms. The highest BCUT2D eigenvalue weighted by Crippen LogP contribution is 2.29. The van der Waals surface area contributed by atoms with E-state index in [9.17, 15) is 14.9 Å². The lowest BCUT2D eigenvalue weighted by atomic mass is 10.1. The van der Waals surface area contributed by atoms with Crippen LogP contribution in [0.25, 0.3) is 6.08 Å². The number of nitriles is 1. The van der Waals surface area contributed by atoms with Gasteiger partial charge in [0.05, 0.1) is 24.9 Å². The molecule has 2 aliphatic heterocycles. The number of carbonyl (C=O) groups is 2. The highest BCUT2D eigenvalue weighted by Gasteiger charge is 2.44. The Hall–Kier alpha value is -3.71. The molecule has 9 nitrogen and oxygen atoms in total. The standard InChI is InChI=1S/C26H25NO8/c1-30-12-13-31-20-8-4-18(5-9-20)25(28)34-21-6-2-17(3-7-21)14-19(15-27)26(29)35-23-16-33-22-10-11-32-24(22)23/h2-9,14,22-24H,10-13,16H2,1H3/b19-14+. The van der Waals surface area contributed by atoms with Crippen molar-refractivity contribution in [2.75, 3.05) is 33.5 Å². The Morgan fingerprint density at radius 1 is 1.06 bits per heavy atom. The average molecular weight is 479 g/mol. The zero-order valence-electron chi connectivity index (χ0n) is 19.2. The number of carbonyl (C=O) groups excluding carboxylic acids is 2. The summed E-state index contributed by atoms with van der Waals surface area (Å²) >= 11 is 0. The molecule has 0 bridgehead atoms. The van der Waals surface area contributed by atoms with Crippen LogP contribution in [-0.2, 0) is 23.7 Å². The summed E-state index contributed by atoms with van der Waals surface area (Å²) in [5.41, 5.74) is 0.796. The molecule has 2 saturated heterocycles. The van der Waals surface area contributed by atoms with Gasteiger partial charge in [-0.05, 0) is 54.5 Å². The maximum Gasteiger partial charge on any atom is 0.349 e. The second-order valence-corrected chi connectivity index (χ2v) is 7.93. The molecule has 0 spiro atoms. The highest BCUT2D eigenvalue weighted by atomic mass is 16.6. The number of methoxy groups -OCH3 is 1. The maximum absolute atomic E-state index is 12.5. The monoisotopic (exact) mass is 479 g/mol. The first-order chi connectivity index (χ1) is 17.1. The molecule has 2 heterocycles. The minimum Gasteiger partial charge on any atom is -0.491 e. The quantitative estimate of drug-likeness (QED) is 0.176. The number of ether oxygens (including phenoxy) is 6. The van der Waals surface area contributed by atoms with Gasteiger partial charge in [-0.3, -0.25) is 0 Å². The Morgan fingerprint density at radius 3 is 2.51 bits per heavy atom. The van der Waals surface area contributed by atoms with Gasteiger partial charge < -0.3 is 28.4 Å². The first-order valence-electron chi connectivity index (χ1n) is 11.2. The van der Waals surface area contributed by atoms with E-state index in [4.69, 9.17) is 28.4 Å². The van der Waals surface area contributed by atoms with Gasteiger partial charge in [0.15, 0.2) is 6.10 Å². The van der Waals surface area contributed by atoms with E-state index in [-0.39, 0.29) is 24.4 Å². The molecular formula is C26H25NO8. The van der Waals surface area contributed by atoms with Gasteiger partial charge in [0.25, 0.3) is 0 Å². The number of nitrogens with zero attached hydrogens (tertiary/aromatic N) is 1. The van der Waals surface area contributed by atoms with Crippen molar-refractivity contribution in [2.24, 2.45) is 0 Å². The smallest absolute Gasteiger partial charge is 0.349 e. The maximum atomic E-state index is 12.5. The van der Waals surface area contributed by atoms with Crippen LogP contribution >= 0.6 is 0 Å². The molecule has 2 aromatic rings. The average Bonchev–Trinajstić information content (AvgIpc) is 3.49. The van der Waals surface area contributed by atoms with Crippen LogP contribution in [0.4, 0.5) is 0 Å². The molecule has 0 amide bonds. The molecule has 0 radical (unpaired) electrons. The normalized spacial score (nSPS) is 21.1. The fourth-order valence-corrected chi connectivity index (χ4v) is 3.76. The van der Waals surface area contributed by atoms with Crippen molar-refractivity contribution in [1.29, 1.82) is 5.26 Å². The third-order valence-corrected chi connectivity index (χ3v) is 5.57. The third-order valence-electron chi connectivity index (χ3n) is 5.57. The zero-order chi connectivity index (χ0) is 24.6. The first-order valence-corrected chi connectivity index (χ1v) is 11.2. The van der Waals surface area contributed by atoms with Crippen LogP contribution in [0.1, 0.15) is 22.3 Å². The van der Waals surface area contributed by atoms with E-state index in [2.05, 4.69) is 0 Å². The molecule has 0 aliphatic carbocycles. The van der Waals surface area contributed by atoms with Crippen molar-refractivity contribution >= 4 is 18.0 Å². The topological polar surface area (TPSA) is 113 Å². The van der Waals surface area contributed by atoms with E-state index in [1.807, 2.05) is 6.07 Å². The van der Waals surface area contributed by atoms with E-state index >= 15 is 0 Å². The van der Waals surface area contributed by atoms with Gasteiger partial charge in [0, 0.05) is 13.7 Å². The van der Waals surface area contributed by atoms with Gasteiger partial charge in [0.2, 0.25) is 0 Å². The first kappa shape index (κ1) is 24.4. The number of esters is 2. The van der Waals surface area contributed by atoms with E-state index < -0.39 is 18.0 Å². The summed E-state index contributed by atoms with van der Waals surface area (Å²) in [6.07, 6.45) is 1.31. The van der Waals surface area contributed by atoms with Crippen LogP contribution in [0, 0.1) is 11.3 Å². The number of fused-ring (bicyclic) bond motifs is 1. The summed E-state index contributed by atoms with van der Waals surface area (Å²) in [4.78, 5) is 24.9. The van der Waals surface area contributed by atoms with E-state index in [0.717, 1.165) is 6.42 Å². The zero-order valence-corrected chi connectivity index (χ0v) is 19.2. The minimum atomic E-state index is -0.734. The molecule has 3 unspecified atom stereocenters. The Kier molecular flexibility index (Phi) is 8.11.